The van der Waals surface area contributed by atoms with E-state index in [2.05, 4.69) is 242 Å². The van der Waals surface area contributed by atoms with Gasteiger partial charge in [0.05, 0.1) is 22.7 Å². The molecule has 0 radical (unpaired) electrons. The van der Waals surface area contributed by atoms with E-state index in [1.165, 1.54) is 82.8 Å². The molecule has 0 N–H and O–H groups in total. The van der Waals surface area contributed by atoms with Gasteiger partial charge in [-0.2, -0.15) is 0 Å². The van der Waals surface area contributed by atoms with Crippen LogP contribution >= 0.6 is 0 Å². The van der Waals surface area contributed by atoms with Crippen molar-refractivity contribution >= 4 is 66.4 Å². The van der Waals surface area contributed by atoms with E-state index < -0.39 is 0 Å². The van der Waals surface area contributed by atoms with Gasteiger partial charge in [0.1, 0.15) is 0 Å². The monoisotopic (exact) mass is 754 g/mol. The van der Waals surface area contributed by atoms with Crippen molar-refractivity contribution in [3.63, 3.8) is 0 Å². The van der Waals surface area contributed by atoms with E-state index in [4.69, 9.17) is 0 Å². The molecule has 280 valence electrons. The van der Waals surface area contributed by atoms with Crippen molar-refractivity contribution in [3.05, 3.63) is 230 Å². The van der Waals surface area contributed by atoms with E-state index >= 15 is 0 Å². The van der Waals surface area contributed by atoms with Gasteiger partial charge in [-0.15, -0.1) is 0 Å². The molecule has 11 rings (SSSR count). The molecule has 0 unspecified atom stereocenters. The van der Waals surface area contributed by atoms with E-state index in [0.717, 1.165) is 17.1 Å². The zero-order valence-corrected chi connectivity index (χ0v) is 33.2. The fourth-order valence-electron chi connectivity index (χ4n) is 9.61. The standard InChI is InChI=1S/C57H42N2/c1-57(2)51-26-12-13-27-53(51)59(56-49-24-11-9-18-41(49)34-37-50(56)44-31-30-39-16-6-7-19-43(39)38-44)54-29-15-25-48(55(54)57)42-32-35-46(36-33-42)58(45-21-4-3-5-22-45)52-28-14-20-40-17-8-10-23-47(40)52/h3-38H,1-2H3. The normalized spacial score (nSPS) is 13.0. The van der Waals surface area contributed by atoms with Gasteiger partial charge in [-0.05, 0) is 97.9 Å². The van der Waals surface area contributed by atoms with Crippen LogP contribution in [0.3, 0.4) is 0 Å². The summed E-state index contributed by atoms with van der Waals surface area (Å²) in [7, 11) is 0. The molecule has 59 heavy (non-hydrogen) atoms. The zero-order valence-electron chi connectivity index (χ0n) is 33.2. The van der Waals surface area contributed by atoms with Crippen molar-refractivity contribution in [1.82, 2.24) is 0 Å². The van der Waals surface area contributed by atoms with Gasteiger partial charge in [0.25, 0.3) is 0 Å². The van der Waals surface area contributed by atoms with Crippen molar-refractivity contribution in [2.24, 2.45) is 0 Å². The lowest BCUT2D eigenvalue weighted by Crippen LogP contribution is -2.31. The van der Waals surface area contributed by atoms with E-state index in [1.807, 2.05) is 0 Å². The number of benzene rings is 10. The van der Waals surface area contributed by atoms with E-state index in [-0.39, 0.29) is 5.41 Å². The lowest BCUT2D eigenvalue weighted by molar-refractivity contribution is 0.634. The smallest absolute Gasteiger partial charge is 0.0618 e. The van der Waals surface area contributed by atoms with E-state index in [1.54, 1.807) is 0 Å². The second-order valence-electron chi connectivity index (χ2n) is 16.1. The van der Waals surface area contributed by atoms with Crippen molar-refractivity contribution < 1.29 is 0 Å². The van der Waals surface area contributed by atoms with Crippen molar-refractivity contribution in [1.29, 1.82) is 0 Å². The van der Waals surface area contributed by atoms with Crippen LogP contribution in [0.15, 0.2) is 218 Å². The first kappa shape index (κ1) is 34.8. The number of anilines is 6. The molecule has 0 atom stereocenters. The Balaban J connectivity index is 1.11. The first-order valence-corrected chi connectivity index (χ1v) is 20.5. The average Bonchev–Trinajstić information content (AvgIpc) is 3.29. The second-order valence-corrected chi connectivity index (χ2v) is 16.1. The van der Waals surface area contributed by atoms with E-state index in [0.29, 0.717) is 0 Å². The SMILES string of the molecule is CC1(C)c2ccccc2N(c2c(-c3ccc4ccccc4c3)ccc3ccccc23)c2cccc(-c3ccc(N(c4ccccc4)c4cccc5ccccc45)cc3)c21. The number of nitrogens with zero attached hydrogens (tertiary/aromatic N) is 2. The maximum absolute atomic E-state index is 2.55. The fraction of sp³-hybridized carbons (Fsp3) is 0.0526. The summed E-state index contributed by atoms with van der Waals surface area (Å²) < 4.78 is 0. The Bertz CT molecular complexity index is 3190. The van der Waals surface area contributed by atoms with Crippen molar-refractivity contribution in [2.75, 3.05) is 9.80 Å². The predicted molar refractivity (Wildman–Crippen MR) is 251 cm³/mol. The largest absolute Gasteiger partial charge is 0.310 e. The summed E-state index contributed by atoms with van der Waals surface area (Å²) in [4.78, 5) is 4.93. The van der Waals surface area contributed by atoms with E-state index in [9.17, 15) is 0 Å². The van der Waals surface area contributed by atoms with Crippen LogP contribution in [-0.2, 0) is 5.41 Å². The molecule has 10 aromatic rings. The summed E-state index contributed by atoms with van der Waals surface area (Å²) in [5.74, 6) is 0. The van der Waals surface area contributed by atoms with Crippen LogP contribution in [-0.4, -0.2) is 0 Å². The zero-order chi connectivity index (χ0) is 39.5. The van der Waals surface area contributed by atoms with Crippen molar-refractivity contribution in [2.45, 2.75) is 19.3 Å². The molecule has 0 bridgehead atoms. The highest BCUT2D eigenvalue weighted by atomic mass is 15.2. The van der Waals surface area contributed by atoms with Crippen LogP contribution in [0.2, 0.25) is 0 Å². The number of hydrogen-bond donors (Lipinski definition) is 0. The number of para-hydroxylation sites is 2. The highest BCUT2D eigenvalue weighted by Crippen LogP contribution is 2.57. The number of fused-ring (bicyclic) bond motifs is 5. The van der Waals surface area contributed by atoms with Gasteiger partial charge in [0, 0.05) is 33.1 Å². The summed E-state index contributed by atoms with van der Waals surface area (Å²) in [5.41, 5.74) is 14.2. The first-order chi connectivity index (χ1) is 29.0. The molecule has 2 heteroatoms. The third-order valence-electron chi connectivity index (χ3n) is 12.4. The minimum Gasteiger partial charge on any atom is -0.310 e. The first-order valence-electron chi connectivity index (χ1n) is 20.5. The lowest BCUT2D eigenvalue weighted by Gasteiger charge is -2.44. The predicted octanol–water partition coefficient (Wildman–Crippen LogP) is 16.1. The Morgan fingerprint density at radius 1 is 0.390 bits per heavy atom. The van der Waals surface area contributed by atoms with Gasteiger partial charge >= 0.3 is 0 Å². The molecule has 0 saturated heterocycles. The lowest BCUT2D eigenvalue weighted by atomic mass is 9.70. The molecule has 10 aromatic carbocycles. The molecule has 1 aliphatic heterocycles. The Morgan fingerprint density at radius 3 is 1.78 bits per heavy atom. The maximum atomic E-state index is 2.55. The van der Waals surface area contributed by atoms with Crippen LogP contribution < -0.4 is 9.80 Å². The molecule has 1 heterocycles. The molecule has 2 nitrogen and oxygen atoms in total. The topological polar surface area (TPSA) is 6.48 Å². The van der Waals surface area contributed by atoms with Crippen molar-refractivity contribution in [3.8, 4) is 22.3 Å². The molecule has 0 aliphatic carbocycles. The highest BCUT2D eigenvalue weighted by Gasteiger charge is 2.39. The second kappa shape index (κ2) is 13.9. The number of rotatable bonds is 6. The Labute approximate surface area is 345 Å². The molecule has 1 aliphatic rings. The Hall–Kier alpha value is -7.42. The van der Waals surface area contributed by atoms with Gasteiger partial charge in [0.15, 0.2) is 0 Å². The highest BCUT2D eigenvalue weighted by molar-refractivity contribution is 6.09. The molecule has 0 fully saturated rings. The van der Waals surface area contributed by atoms with Crippen LogP contribution in [0, 0.1) is 0 Å². The van der Waals surface area contributed by atoms with Gasteiger partial charge < -0.3 is 9.80 Å². The molecular weight excluding hydrogens is 713 g/mol. The van der Waals surface area contributed by atoms with Gasteiger partial charge in [0.2, 0.25) is 0 Å². The molecule has 0 spiro atoms. The third kappa shape index (κ3) is 5.71. The molecule has 0 amide bonds. The summed E-state index contributed by atoms with van der Waals surface area (Å²) in [6, 6.07) is 80.0. The van der Waals surface area contributed by atoms with Gasteiger partial charge in [-0.3, -0.25) is 0 Å². The van der Waals surface area contributed by atoms with Gasteiger partial charge in [-0.25, -0.2) is 0 Å². The number of hydrogen-bond acceptors (Lipinski definition) is 2. The van der Waals surface area contributed by atoms with Crippen LogP contribution in [0.5, 0.6) is 0 Å². The average molecular weight is 755 g/mol. The summed E-state index contributed by atoms with van der Waals surface area (Å²) in [5, 5.41) is 7.37. The quantitative estimate of drug-likeness (QED) is 0.167. The Morgan fingerprint density at radius 2 is 0.966 bits per heavy atom. The maximum Gasteiger partial charge on any atom is 0.0618 e. The fourth-order valence-corrected chi connectivity index (χ4v) is 9.61. The molecular formula is C57H42N2. The summed E-state index contributed by atoms with van der Waals surface area (Å²) in [6.07, 6.45) is 0. The summed E-state index contributed by atoms with van der Waals surface area (Å²) in [6.45, 7) is 4.79. The Kier molecular flexibility index (Phi) is 8.20. The minimum atomic E-state index is -0.287. The van der Waals surface area contributed by atoms with Crippen LogP contribution in [0.1, 0.15) is 25.0 Å². The van der Waals surface area contributed by atoms with Crippen LogP contribution in [0.25, 0.3) is 54.6 Å². The van der Waals surface area contributed by atoms with Crippen LogP contribution in [0.4, 0.5) is 34.1 Å². The van der Waals surface area contributed by atoms with Gasteiger partial charge in [-0.1, -0.05) is 184 Å². The molecule has 0 aromatic heterocycles. The summed E-state index contributed by atoms with van der Waals surface area (Å²) >= 11 is 0. The minimum absolute atomic E-state index is 0.287. The third-order valence-corrected chi connectivity index (χ3v) is 12.4. The molecule has 0 saturated carbocycles.